The average molecular weight is 166 g/mol. The Balaban J connectivity index is 2.64. The van der Waals surface area contributed by atoms with Crippen molar-refractivity contribution in [2.45, 2.75) is 32.3 Å². The van der Waals surface area contributed by atoms with Crippen molar-refractivity contribution in [1.82, 2.24) is 0 Å². The largest absolute Gasteiger partial charge is 0.382 e. The number of allylic oxidation sites excluding steroid dienone is 1. The Hall–Kier alpha value is -0.560. The predicted molar refractivity (Wildman–Crippen MR) is 51.8 cm³/mol. The fourth-order valence-electron chi connectivity index (χ4n) is 1.59. The van der Waals surface area contributed by atoms with Crippen molar-refractivity contribution in [2.24, 2.45) is 11.8 Å². The van der Waals surface area contributed by atoms with Crippen molar-refractivity contribution in [3.63, 3.8) is 0 Å². The molecule has 0 amide bonds. The molecule has 2 unspecified atom stereocenters. The summed E-state index contributed by atoms with van der Waals surface area (Å²) in [6.45, 7) is 8.06. The van der Waals surface area contributed by atoms with Crippen LogP contribution in [0.4, 0.5) is 0 Å². The minimum absolute atomic E-state index is 0.630. The molecule has 0 aromatic carbocycles. The summed E-state index contributed by atoms with van der Waals surface area (Å²) in [4.78, 5) is 0. The highest BCUT2D eigenvalue weighted by Crippen LogP contribution is 2.30. The summed E-state index contributed by atoms with van der Waals surface area (Å²) in [7, 11) is 0. The first-order valence-electron chi connectivity index (χ1n) is 4.63. The third kappa shape index (κ3) is 1.98. The van der Waals surface area contributed by atoms with Crippen molar-refractivity contribution in [2.75, 3.05) is 0 Å². The molecule has 0 spiro atoms. The molecule has 0 fully saturated rings. The van der Waals surface area contributed by atoms with Gasteiger partial charge in [0.05, 0.1) is 0 Å². The first-order valence-corrected chi connectivity index (χ1v) is 4.63. The van der Waals surface area contributed by atoms with Crippen LogP contribution in [0.3, 0.4) is 0 Å². The summed E-state index contributed by atoms with van der Waals surface area (Å²) < 4.78 is 0. The van der Waals surface area contributed by atoms with Crippen LogP contribution in [0.5, 0.6) is 0 Å². The van der Waals surface area contributed by atoms with E-state index >= 15 is 0 Å². The lowest BCUT2D eigenvalue weighted by Crippen LogP contribution is -2.28. The van der Waals surface area contributed by atoms with Gasteiger partial charge in [-0.25, -0.2) is 0 Å². The van der Waals surface area contributed by atoms with Gasteiger partial charge in [-0.05, 0) is 24.7 Å². The number of hydrogen-bond acceptors (Lipinski definition) is 1. The van der Waals surface area contributed by atoms with Gasteiger partial charge < -0.3 is 5.11 Å². The van der Waals surface area contributed by atoms with Crippen molar-refractivity contribution >= 4 is 0 Å². The Morgan fingerprint density at radius 3 is 2.67 bits per heavy atom. The van der Waals surface area contributed by atoms with E-state index in [0.29, 0.717) is 11.8 Å². The average Bonchev–Trinajstić information content (AvgIpc) is 2.05. The summed E-state index contributed by atoms with van der Waals surface area (Å²) in [6, 6.07) is 0. The summed E-state index contributed by atoms with van der Waals surface area (Å²) in [5.74, 6) is 1.31. The van der Waals surface area contributed by atoms with Gasteiger partial charge in [-0.2, -0.15) is 0 Å². The highest BCUT2D eigenvalue weighted by atomic mass is 16.3. The molecule has 0 aromatic heterocycles. The van der Waals surface area contributed by atoms with E-state index in [2.05, 4.69) is 26.5 Å². The van der Waals surface area contributed by atoms with Gasteiger partial charge in [0.2, 0.25) is 0 Å². The van der Waals surface area contributed by atoms with E-state index in [1.165, 1.54) is 0 Å². The lowest BCUT2D eigenvalue weighted by Gasteiger charge is -2.29. The zero-order valence-corrected chi connectivity index (χ0v) is 7.96. The smallest absolute Gasteiger partial charge is 0.101 e. The molecule has 0 heterocycles. The number of aliphatic hydroxyl groups is 1. The molecule has 0 saturated carbocycles. The zero-order valence-electron chi connectivity index (χ0n) is 7.96. The van der Waals surface area contributed by atoms with Crippen LogP contribution in [0.15, 0.2) is 24.8 Å². The maximum absolute atomic E-state index is 9.77. The standard InChI is InChI=1S/C11H18O/c1-4-11(12)7-5-10(6-8-11)9(2)3/h4-5,7,9-10,12H,1,6,8H2,2-3H3. The van der Waals surface area contributed by atoms with Crippen LogP contribution in [0.2, 0.25) is 0 Å². The maximum atomic E-state index is 9.77. The molecule has 0 bridgehead atoms. The molecule has 1 aliphatic carbocycles. The zero-order chi connectivity index (χ0) is 9.19. The SMILES string of the molecule is C=CC1(O)C=CC(C(C)C)CC1. The Labute approximate surface area is 74.8 Å². The van der Waals surface area contributed by atoms with Crippen LogP contribution < -0.4 is 0 Å². The summed E-state index contributed by atoms with van der Waals surface area (Å²) in [5.41, 5.74) is -0.731. The Kier molecular flexibility index (Phi) is 2.73. The van der Waals surface area contributed by atoms with Crippen molar-refractivity contribution in [3.8, 4) is 0 Å². The van der Waals surface area contributed by atoms with Crippen LogP contribution in [0, 0.1) is 11.8 Å². The Morgan fingerprint density at radius 1 is 1.67 bits per heavy atom. The molecule has 0 radical (unpaired) electrons. The van der Waals surface area contributed by atoms with E-state index in [4.69, 9.17) is 0 Å². The van der Waals surface area contributed by atoms with E-state index < -0.39 is 5.60 Å². The molecular weight excluding hydrogens is 148 g/mol. The number of rotatable bonds is 2. The lowest BCUT2D eigenvalue weighted by atomic mass is 9.80. The van der Waals surface area contributed by atoms with E-state index in [1.807, 2.05) is 6.08 Å². The van der Waals surface area contributed by atoms with E-state index in [1.54, 1.807) is 6.08 Å². The topological polar surface area (TPSA) is 20.2 Å². The van der Waals surface area contributed by atoms with Crippen LogP contribution >= 0.6 is 0 Å². The van der Waals surface area contributed by atoms with Gasteiger partial charge >= 0.3 is 0 Å². The van der Waals surface area contributed by atoms with Crippen LogP contribution in [-0.4, -0.2) is 10.7 Å². The summed E-state index contributed by atoms with van der Waals surface area (Å²) in [6.07, 6.45) is 7.51. The molecular formula is C11H18O. The van der Waals surface area contributed by atoms with Gasteiger partial charge in [-0.3, -0.25) is 0 Å². The third-order valence-corrected chi connectivity index (χ3v) is 2.72. The fraction of sp³-hybridized carbons (Fsp3) is 0.636. The number of hydrogen-bond donors (Lipinski definition) is 1. The molecule has 2 atom stereocenters. The second-order valence-corrected chi connectivity index (χ2v) is 4.00. The van der Waals surface area contributed by atoms with Crippen LogP contribution in [0.1, 0.15) is 26.7 Å². The van der Waals surface area contributed by atoms with Crippen LogP contribution in [0.25, 0.3) is 0 Å². The van der Waals surface area contributed by atoms with Gasteiger partial charge in [-0.1, -0.05) is 38.7 Å². The van der Waals surface area contributed by atoms with Crippen molar-refractivity contribution in [1.29, 1.82) is 0 Å². The van der Waals surface area contributed by atoms with Crippen LogP contribution in [-0.2, 0) is 0 Å². The highest BCUT2D eigenvalue weighted by Gasteiger charge is 2.26. The first kappa shape index (κ1) is 9.53. The molecule has 1 aliphatic rings. The minimum Gasteiger partial charge on any atom is -0.382 e. The molecule has 1 N–H and O–H groups in total. The first-order chi connectivity index (χ1) is 5.57. The maximum Gasteiger partial charge on any atom is 0.101 e. The highest BCUT2D eigenvalue weighted by molar-refractivity contribution is 5.15. The molecule has 1 nitrogen and oxygen atoms in total. The molecule has 68 valence electrons. The third-order valence-electron chi connectivity index (χ3n) is 2.72. The van der Waals surface area contributed by atoms with Gasteiger partial charge in [-0.15, -0.1) is 0 Å². The van der Waals surface area contributed by atoms with Crippen molar-refractivity contribution in [3.05, 3.63) is 24.8 Å². The van der Waals surface area contributed by atoms with Crippen molar-refractivity contribution < 1.29 is 5.11 Å². The molecule has 12 heavy (non-hydrogen) atoms. The van der Waals surface area contributed by atoms with E-state index in [-0.39, 0.29) is 0 Å². The summed E-state index contributed by atoms with van der Waals surface area (Å²) >= 11 is 0. The van der Waals surface area contributed by atoms with E-state index in [0.717, 1.165) is 12.8 Å². The minimum atomic E-state index is -0.731. The molecule has 1 heteroatoms. The van der Waals surface area contributed by atoms with Gasteiger partial charge in [0.15, 0.2) is 0 Å². The fourth-order valence-corrected chi connectivity index (χ4v) is 1.59. The lowest BCUT2D eigenvalue weighted by molar-refractivity contribution is 0.113. The predicted octanol–water partition coefficient (Wildman–Crippen LogP) is 2.53. The quantitative estimate of drug-likeness (QED) is 0.625. The monoisotopic (exact) mass is 166 g/mol. The van der Waals surface area contributed by atoms with Gasteiger partial charge in [0, 0.05) is 0 Å². The molecule has 0 aromatic rings. The van der Waals surface area contributed by atoms with E-state index in [9.17, 15) is 5.11 Å². The van der Waals surface area contributed by atoms with Gasteiger partial charge in [0.25, 0.3) is 0 Å². The molecule has 1 rings (SSSR count). The second kappa shape index (κ2) is 3.44. The molecule has 0 aliphatic heterocycles. The molecule has 0 saturated heterocycles. The second-order valence-electron chi connectivity index (χ2n) is 4.00. The normalized spacial score (nSPS) is 35.5. The Bertz CT molecular complexity index is 193. The van der Waals surface area contributed by atoms with Gasteiger partial charge in [0.1, 0.15) is 5.60 Å². The summed E-state index contributed by atoms with van der Waals surface area (Å²) in [5, 5.41) is 9.77. The Morgan fingerprint density at radius 2 is 2.33 bits per heavy atom.